The van der Waals surface area contributed by atoms with E-state index in [4.69, 9.17) is 16.3 Å². The highest BCUT2D eigenvalue weighted by Crippen LogP contribution is 2.26. The Morgan fingerprint density at radius 1 is 1.43 bits per heavy atom. The Bertz CT molecular complexity index is 813. The van der Waals surface area contributed by atoms with Crippen LogP contribution in [0, 0.1) is 12.8 Å². The number of aryl methyl sites for hydroxylation is 1. The topological polar surface area (TPSA) is 79.9 Å². The molecule has 6 nitrogen and oxygen atoms in total. The van der Waals surface area contributed by atoms with Crippen molar-refractivity contribution < 1.29 is 9.53 Å². The van der Waals surface area contributed by atoms with Crippen LogP contribution >= 0.6 is 23.4 Å². The second-order valence-electron chi connectivity index (χ2n) is 7.40. The molecule has 1 heterocycles. The van der Waals surface area contributed by atoms with Gasteiger partial charge in [0.05, 0.1) is 5.25 Å². The molecule has 3 atom stereocenters. The number of benzene rings is 1. The number of H-pyrrole nitrogens is 1. The average Bonchev–Trinajstić information content (AvgIpc) is 3.12. The van der Waals surface area contributed by atoms with Gasteiger partial charge in [-0.25, -0.2) is 4.98 Å². The lowest BCUT2D eigenvalue weighted by molar-refractivity contribution is -0.121. The van der Waals surface area contributed by atoms with Crippen molar-refractivity contribution in [3.8, 4) is 5.75 Å². The third kappa shape index (κ3) is 5.64. The summed E-state index contributed by atoms with van der Waals surface area (Å²) in [6, 6.07) is 5.79. The van der Waals surface area contributed by atoms with Gasteiger partial charge in [-0.1, -0.05) is 43.1 Å². The van der Waals surface area contributed by atoms with Crippen molar-refractivity contribution in [3.05, 3.63) is 34.6 Å². The molecule has 1 fully saturated rings. The van der Waals surface area contributed by atoms with Gasteiger partial charge in [-0.05, 0) is 56.4 Å². The van der Waals surface area contributed by atoms with Crippen LogP contribution < -0.4 is 10.1 Å². The van der Waals surface area contributed by atoms with Crippen LogP contribution in [0.5, 0.6) is 5.75 Å². The Balaban J connectivity index is 1.49. The lowest BCUT2D eigenvalue weighted by atomic mass is 9.86. The normalized spacial score (nSPS) is 20.6. The SMILES string of the molecule is Cc1cc(OCc2nc(S[C@@H](C)C(=O)N[C@@H]3CCCC[C@@H]3C)n[nH]2)ccc1Cl. The average molecular weight is 423 g/mol. The fourth-order valence-corrected chi connectivity index (χ4v) is 4.17. The van der Waals surface area contributed by atoms with Gasteiger partial charge in [-0.2, -0.15) is 0 Å². The Morgan fingerprint density at radius 2 is 2.21 bits per heavy atom. The van der Waals surface area contributed by atoms with Crippen molar-refractivity contribution >= 4 is 29.3 Å². The summed E-state index contributed by atoms with van der Waals surface area (Å²) < 4.78 is 5.73. The first-order chi connectivity index (χ1) is 13.4. The maximum Gasteiger partial charge on any atom is 0.233 e. The summed E-state index contributed by atoms with van der Waals surface area (Å²) in [5, 5.41) is 11.3. The summed E-state index contributed by atoms with van der Waals surface area (Å²) in [7, 11) is 0. The number of carbonyl (C=O) groups is 1. The zero-order chi connectivity index (χ0) is 20.1. The molecule has 0 unspecified atom stereocenters. The lowest BCUT2D eigenvalue weighted by Gasteiger charge is -2.30. The van der Waals surface area contributed by atoms with E-state index in [1.54, 1.807) is 6.07 Å². The highest BCUT2D eigenvalue weighted by Gasteiger charge is 2.25. The number of aromatic amines is 1. The van der Waals surface area contributed by atoms with E-state index >= 15 is 0 Å². The van der Waals surface area contributed by atoms with Gasteiger partial charge in [0.1, 0.15) is 12.4 Å². The van der Waals surface area contributed by atoms with E-state index in [0.29, 0.717) is 21.9 Å². The van der Waals surface area contributed by atoms with Crippen LogP contribution in [-0.4, -0.2) is 32.4 Å². The first kappa shape index (κ1) is 21.0. The molecule has 0 radical (unpaired) electrons. The van der Waals surface area contributed by atoms with Crippen LogP contribution in [0.3, 0.4) is 0 Å². The number of aromatic nitrogens is 3. The minimum absolute atomic E-state index is 0.0444. The van der Waals surface area contributed by atoms with Crippen molar-refractivity contribution in [2.45, 2.75) is 69.5 Å². The predicted molar refractivity (Wildman–Crippen MR) is 112 cm³/mol. The molecule has 1 amide bonds. The number of carbonyl (C=O) groups excluding carboxylic acids is 1. The van der Waals surface area contributed by atoms with Crippen molar-refractivity contribution in [1.29, 1.82) is 0 Å². The summed E-state index contributed by atoms with van der Waals surface area (Å²) in [6.07, 6.45) is 4.70. The monoisotopic (exact) mass is 422 g/mol. The number of nitrogens with zero attached hydrogens (tertiary/aromatic N) is 2. The van der Waals surface area contributed by atoms with Crippen LogP contribution in [0.25, 0.3) is 0 Å². The quantitative estimate of drug-likeness (QED) is 0.641. The second-order valence-corrected chi connectivity index (χ2v) is 9.12. The van der Waals surface area contributed by atoms with Gasteiger partial charge in [-0.15, -0.1) is 5.10 Å². The zero-order valence-corrected chi connectivity index (χ0v) is 18.1. The molecule has 1 aliphatic rings. The van der Waals surface area contributed by atoms with E-state index in [1.807, 2.05) is 26.0 Å². The molecular formula is C20H27ClN4O2S. The molecule has 3 rings (SSSR count). The number of amides is 1. The number of hydrogen-bond donors (Lipinski definition) is 2. The number of rotatable bonds is 7. The fraction of sp³-hybridized carbons (Fsp3) is 0.550. The first-order valence-corrected chi connectivity index (χ1v) is 11.0. The number of thioether (sulfide) groups is 1. The highest BCUT2D eigenvalue weighted by molar-refractivity contribution is 8.00. The number of hydrogen-bond acceptors (Lipinski definition) is 5. The maximum atomic E-state index is 12.5. The summed E-state index contributed by atoms with van der Waals surface area (Å²) in [4.78, 5) is 16.9. The largest absolute Gasteiger partial charge is 0.486 e. The number of halogens is 1. The van der Waals surface area contributed by atoms with Crippen molar-refractivity contribution in [1.82, 2.24) is 20.5 Å². The second kappa shape index (κ2) is 9.65. The molecule has 1 aliphatic carbocycles. The molecular weight excluding hydrogens is 396 g/mol. The molecule has 8 heteroatoms. The van der Waals surface area contributed by atoms with Crippen molar-refractivity contribution in [2.24, 2.45) is 5.92 Å². The lowest BCUT2D eigenvalue weighted by Crippen LogP contribution is -2.44. The summed E-state index contributed by atoms with van der Waals surface area (Å²) in [5.41, 5.74) is 0.958. The summed E-state index contributed by atoms with van der Waals surface area (Å²) >= 11 is 7.37. The van der Waals surface area contributed by atoms with Gasteiger partial charge >= 0.3 is 0 Å². The molecule has 1 saturated carbocycles. The van der Waals surface area contributed by atoms with E-state index in [-0.39, 0.29) is 23.8 Å². The third-order valence-electron chi connectivity index (χ3n) is 5.11. The smallest absolute Gasteiger partial charge is 0.233 e. The molecule has 2 aromatic rings. The van der Waals surface area contributed by atoms with Crippen LogP contribution in [-0.2, 0) is 11.4 Å². The number of ether oxygens (including phenoxy) is 1. The summed E-state index contributed by atoms with van der Waals surface area (Å²) in [6.45, 7) is 6.30. The highest BCUT2D eigenvalue weighted by atomic mass is 35.5. The van der Waals surface area contributed by atoms with Gasteiger partial charge in [0, 0.05) is 11.1 Å². The van der Waals surface area contributed by atoms with Gasteiger partial charge in [0.2, 0.25) is 11.1 Å². The molecule has 28 heavy (non-hydrogen) atoms. The molecule has 0 spiro atoms. The van der Waals surface area contributed by atoms with Gasteiger partial charge < -0.3 is 10.1 Å². The summed E-state index contributed by atoms with van der Waals surface area (Å²) in [5.74, 6) is 1.92. The molecule has 1 aromatic heterocycles. The number of nitrogens with one attached hydrogen (secondary N) is 2. The molecule has 1 aromatic carbocycles. The van der Waals surface area contributed by atoms with Gasteiger partial charge in [0.15, 0.2) is 5.82 Å². The van der Waals surface area contributed by atoms with Crippen LogP contribution in [0.1, 0.15) is 50.9 Å². The minimum atomic E-state index is -0.252. The van der Waals surface area contributed by atoms with E-state index in [0.717, 1.165) is 17.7 Å². The van der Waals surface area contributed by atoms with E-state index in [9.17, 15) is 4.79 Å². The molecule has 2 N–H and O–H groups in total. The van der Waals surface area contributed by atoms with Crippen molar-refractivity contribution in [3.63, 3.8) is 0 Å². The zero-order valence-electron chi connectivity index (χ0n) is 16.5. The van der Waals surface area contributed by atoms with E-state index in [1.165, 1.54) is 31.0 Å². The Kier molecular flexibility index (Phi) is 7.24. The van der Waals surface area contributed by atoms with Crippen LogP contribution in [0.15, 0.2) is 23.4 Å². The predicted octanol–water partition coefficient (Wildman–Crippen LogP) is 4.52. The molecule has 0 bridgehead atoms. The van der Waals surface area contributed by atoms with E-state index in [2.05, 4.69) is 27.4 Å². The third-order valence-corrected chi connectivity index (χ3v) is 6.49. The minimum Gasteiger partial charge on any atom is -0.486 e. The first-order valence-electron chi connectivity index (χ1n) is 9.69. The van der Waals surface area contributed by atoms with Gasteiger partial charge in [-0.3, -0.25) is 9.89 Å². The Labute approximate surface area is 175 Å². The standard InChI is InChI=1S/C20H27ClN4O2S/c1-12-6-4-5-7-17(12)22-19(26)14(3)28-20-23-18(24-25-20)11-27-15-8-9-16(21)13(2)10-15/h8-10,12,14,17H,4-7,11H2,1-3H3,(H,22,26)(H,23,24,25)/t12-,14-,17+/m0/s1. The van der Waals surface area contributed by atoms with Gasteiger partial charge in [0.25, 0.3) is 0 Å². The Morgan fingerprint density at radius 3 is 2.96 bits per heavy atom. The van der Waals surface area contributed by atoms with Crippen LogP contribution in [0.4, 0.5) is 0 Å². The molecule has 0 aliphatic heterocycles. The maximum absolute atomic E-state index is 12.5. The van der Waals surface area contributed by atoms with Crippen molar-refractivity contribution in [2.75, 3.05) is 0 Å². The van der Waals surface area contributed by atoms with Crippen LogP contribution in [0.2, 0.25) is 5.02 Å². The Hall–Kier alpha value is -1.73. The van der Waals surface area contributed by atoms with E-state index < -0.39 is 0 Å². The molecule has 152 valence electrons. The molecule has 0 saturated heterocycles. The fourth-order valence-electron chi connectivity index (χ4n) is 3.30.